The molecule has 0 unspecified atom stereocenters. The summed E-state index contributed by atoms with van der Waals surface area (Å²) in [6, 6.07) is 10.3. The smallest absolute Gasteiger partial charge is 0.154 e. The lowest BCUT2D eigenvalue weighted by atomic mass is 10.0. The molecule has 0 amide bonds. The lowest BCUT2D eigenvalue weighted by Gasteiger charge is -2.21. The minimum atomic E-state index is -2.94. The van der Waals surface area contributed by atoms with Crippen LogP contribution in [-0.4, -0.2) is 47.2 Å². The lowest BCUT2D eigenvalue weighted by Crippen LogP contribution is -2.27. The highest BCUT2D eigenvalue weighted by Crippen LogP contribution is 2.25. The molecule has 1 fully saturated rings. The van der Waals surface area contributed by atoms with E-state index in [1.807, 2.05) is 36.9 Å². The fourth-order valence-electron chi connectivity index (χ4n) is 3.06. The van der Waals surface area contributed by atoms with Gasteiger partial charge in [0, 0.05) is 31.9 Å². The SMILES string of the molecule is C[C@@H]1CCN(Cc2ccccc2-c2ccnn2C)CCS1(=O)=O. The molecule has 2 aromatic rings. The third kappa shape index (κ3) is 3.48. The summed E-state index contributed by atoms with van der Waals surface area (Å²) in [5, 5.41) is 4.01. The molecule has 3 rings (SSSR count). The maximum absolute atomic E-state index is 12.1. The first-order chi connectivity index (χ1) is 11.0. The topological polar surface area (TPSA) is 55.2 Å². The maximum Gasteiger partial charge on any atom is 0.154 e. The van der Waals surface area contributed by atoms with E-state index in [0.717, 1.165) is 24.3 Å². The summed E-state index contributed by atoms with van der Waals surface area (Å²) in [7, 11) is -1.00. The Morgan fingerprint density at radius 2 is 2.00 bits per heavy atom. The van der Waals surface area contributed by atoms with Crippen LogP contribution in [0.2, 0.25) is 0 Å². The van der Waals surface area contributed by atoms with Gasteiger partial charge in [-0.15, -0.1) is 0 Å². The second kappa shape index (κ2) is 6.45. The Balaban J connectivity index is 1.83. The van der Waals surface area contributed by atoms with Gasteiger partial charge in [-0.2, -0.15) is 5.10 Å². The zero-order valence-corrected chi connectivity index (χ0v) is 14.5. The highest BCUT2D eigenvalue weighted by Gasteiger charge is 2.26. The first-order valence-corrected chi connectivity index (χ1v) is 9.69. The van der Waals surface area contributed by atoms with Crippen molar-refractivity contribution in [3.8, 4) is 11.3 Å². The van der Waals surface area contributed by atoms with Crippen LogP contribution < -0.4 is 0 Å². The Kier molecular flexibility index (Phi) is 4.55. The van der Waals surface area contributed by atoms with Crippen LogP contribution in [0.25, 0.3) is 11.3 Å². The summed E-state index contributed by atoms with van der Waals surface area (Å²) in [4.78, 5) is 2.25. The molecule has 1 aromatic heterocycles. The van der Waals surface area contributed by atoms with E-state index in [1.54, 1.807) is 6.20 Å². The predicted molar refractivity (Wildman–Crippen MR) is 91.8 cm³/mol. The zero-order chi connectivity index (χ0) is 16.4. The molecule has 2 heterocycles. The third-order valence-corrected chi connectivity index (χ3v) is 6.88. The fraction of sp³-hybridized carbons (Fsp3) is 0.471. The predicted octanol–water partition coefficient (Wildman–Crippen LogP) is 2.10. The first-order valence-electron chi connectivity index (χ1n) is 7.97. The quantitative estimate of drug-likeness (QED) is 0.863. The first kappa shape index (κ1) is 16.2. The highest BCUT2D eigenvalue weighted by molar-refractivity contribution is 7.92. The van der Waals surface area contributed by atoms with E-state index < -0.39 is 9.84 Å². The largest absolute Gasteiger partial charge is 0.298 e. The molecular formula is C17H23N3O2S. The highest BCUT2D eigenvalue weighted by atomic mass is 32.2. The third-order valence-electron chi connectivity index (χ3n) is 4.67. The van der Waals surface area contributed by atoms with E-state index in [0.29, 0.717) is 13.0 Å². The van der Waals surface area contributed by atoms with Gasteiger partial charge in [-0.05, 0) is 31.5 Å². The van der Waals surface area contributed by atoms with Gasteiger partial charge in [0.25, 0.3) is 0 Å². The van der Waals surface area contributed by atoms with E-state index >= 15 is 0 Å². The molecule has 6 heteroatoms. The summed E-state index contributed by atoms with van der Waals surface area (Å²) < 4.78 is 26.0. The van der Waals surface area contributed by atoms with Gasteiger partial charge in [-0.25, -0.2) is 8.42 Å². The van der Waals surface area contributed by atoms with Gasteiger partial charge >= 0.3 is 0 Å². The average Bonchev–Trinajstić information content (AvgIpc) is 2.90. The summed E-state index contributed by atoms with van der Waals surface area (Å²) in [6.45, 7) is 4.01. The number of hydrogen-bond donors (Lipinski definition) is 0. The van der Waals surface area contributed by atoms with Crippen molar-refractivity contribution in [3.05, 3.63) is 42.1 Å². The van der Waals surface area contributed by atoms with Crippen molar-refractivity contribution < 1.29 is 8.42 Å². The molecule has 0 spiro atoms. The number of sulfone groups is 1. The Hall–Kier alpha value is -1.66. The van der Waals surface area contributed by atoms with Gasteiger partial charge in [0.2, 0.25) is 0 Å². The Labute approximate surface area is 137 Å². The van der Waals surface area contributed by atoms with Crippen LogP contribution in [0.1, 0.15) is 18.9 Å². The van der Waals surface area contributed by atoms with Crippen LogP contribution in [-0.2, 0) is 23.4 Å². The Morgan fingerprint density at radius 1 is 1.22 bits per heavy atom. The standard InChI is InChI=1S/C17H23N3O2S/c1-14-8-10-20(11-12-23(14,21)22)13-15-5-3-4-6-16(15)17-7-9-18-19(17)2/h3-7,9,14H,8,10-13H2,1-2H3/t14-/m1/s1. The minimum absolute atomic E-state index is 0.236. The summed E-state index contributed by atoms with van der Waals surface area (Å²) in [5.41, 5.74) is 3.45. The number of aryl methyl sites for hydroxylation is 1. The summed E-state index contributed by atoms with van der Waals surface area (Å²) >= 11 is 0. The molecule has 1 aromatic carbocycles. The number of hydrogen-bond acceptors (Lipinski definition) is 4. The van der Waals surface area contributed by atoms with E-state index in [2.05, 4.69) is 22.1 Å². The van der Waals surface area contributed by atoms with Crippen LogP contribution in [0.4, 0.5) is 0 Å². The van der Waals surface area contributed by atoms with Gasteiger partial charge in [0.1, 0.15) is 0 Å². The van der Waals surface area contributed by atoms with E-state index in [4.69, 9.17) is 0 Å². The van der Waals surface area contributed by atoms with Crippen molar-refractivity contribution in [3.63, 3.8) is 0 Å². The van der Waals surface area contributed by atoms with Crippen molar-refractivity contribution in [1.29, 1.82) is 0 Å². The van der Waals surface area contributed by atoms with Crippen molar-refractivity contribution >= 4 is 9.84 Å². The van der Waals surface area contributed by atoms with Crippen LogP contribution in [0.3, 0.4) is 0 Å². The van der Waals surface area contributed by atoms with Crippen molar-refractivity contribution in [2.75, 3.05) is 18.8 Å². The van der Waals surface area contributed by atoms with Gasteiger partial charge in [0.05, 0.1) is 16.7 Å². The van der Waals surface area contributed by atoms with Crippen LogP contribution in [0.15, 0.2) is 36.5 Å². The average molecular weight is 333 g/mol. The fourth-order valence-corrected chi connectivity index (χ4v) is 4.44. The van der Waals surface area contributed by atoms with Crippen LogP contribution >= 0.6 is 0 Å². The lowest BCUT2D eigenvalue weighted by molar-refractivity contribution is 0.284. The Morgan fingerprint density at radius 3 is 2.74 bits per heavy atom. The number of benzene rings is 1. The normalized spacial score (nSPS) is 21.9. The van der Waals surface area contributed by atoms with Crippen LogP contribution in [0.5, 0.6) is 0 Å². The second-order valence-electron chi connectivity index (χ2n) is 6.24. The summed E-state index contributed by atoms with van der Waals surface area (Å²) in [6.07, 6.45) is 2.50. The van der Waals surface area contributed by atoms with Gasteiger partial charge < -0.3 is 0 Å². The van der Waals surface area contributed by atoms with E-state index in [-0.39, 0.29) is 11.0 Å². The molecule has 5 nitrogen and oxygen atoms in total. The van der Waals surface area contributed by atoms with Gasteiger partial charge in [-0.1, -0.05) is 24.3 Å². The molecular weight excluding hydrogens is 310 g/mol. The van der Waals surface area contributed by atoms with Crippen molar-refractivity contribution in [2.24, 2.45) is 7.05 Å². The molecule has 1 aliphatic heterocycles. The van der Waals surface area contributed by atoms with Crippen LogP contribution in [0, 0.1) is 0 Å². The Bertz CT molecular complexity index is 783. The number of rotatable bonds is 3. The molecule has 0 bridgehead atoms. The second-order valence-corrected chi connectivity index (χ2v) is 8.78. The monoisotopic (exact) mass is 333 g/mol. The molecule has 23 heavy (non-hydrogen) atoms. The minimum Gasteiger partial charge on any atom is -0.298 e. The summed E-state index contributed by atoms with van der Waals surface area (Å²) in [5.74, 6) is 0.252. The van der Waals surface area contributed by atoms with Crippen molar-refractivity contribution in [2.45, 2.75) is 25.1 Å². The molecule has 0 radical (unpaired) electrons. The van der Waals surface area contributed by atoms with E-state index in [9.17, 15) is 8.42 Å². The van der Waals surface area contributed by atoms with Gasteiger partial charge in [-0.3, -0.25) is 9.58 Å². The van der Waals surface area contributed by atoms with Crippen molar-refractivity contribution in [1.82, 2.24) is 14.7 Å². The molecule has 1 saturated heterocycles. The van der Waals surface area contributed by atoms with E-state index in [1.165, 1.54) is 5.56 Å². The molecule has 0 N–H and O–H groups in total. The molecule has 0 aliphatic carbocycles. The molecule has 1 atom stereocenters. The number of aromatic nitrogens is 2. The maximum atomic E-state index is 12.1. The number of nitrogens with zero attached hydrogens (tertiary/aromatic N) is 3. The molecule has 124 valence electrons. The molecule has 1 aliphatic rings. The molecule has 0 saturated carbocycles. The van der Waals surface area contributed by atoms with Gasteiger partial charge in [0.15, 0.2) is 9.84 Å². The zero-order valence-electron chi connectivity index (χ0n) is 13.6.